The molecule has 0 saturated carbocycles. The number of hydrogen-bond acceptors (Lipinski definition) is 3. The van der Waals surface area contributed by atoms with E-state index in [-0.39, 0.29) is 0 Å². The molecule has 21 heavy (non-hydrogen) atoms. The molecule has 1 atom stereocenters. The fourth-order valence-electron chi connectivity index (χ4n) is 2.14. The number of aliphatic hydroxyl groups excluding tert-OH is 1. The first kappa shape index (κ1) is 15.9. The van der Waals surface area contributed by atoms with Crippen molar-refractivity contribution >= 4 is 15.9 Å². The number of methoxy groups -OCH3 is 1. The van der Waals surface area contributed by atoms with E-state index in [1.807, 2.05) is 49.4 Å². The summed E-state index contributed by atoms with van der Waals surface area (Å²) in [7, 11) is 1.63. The Bertz CT molecular complexity index is 598. The molecule has 0 aliphatic carbocycles. The maximum absolute atomic E-state index is 10.4. The van der Waals surface area contributed by atoms with Crippen LogP contribution in [0.15, 0.2) is 46.9 Å². The molecule has 2 rings (SSSR count). The molecule has 2 aromatic carbocycles. The second kappa shape index (κ2) is 7.48. The van der Waals surface area contributed by atoms with Gasteiger partial charge in [-0.25, -0.2) is 0 Å². The Kier molecular flexibility index (Phi) is 5.65. The minimum Gasteiger partial charge on any atom is -0.497 e. The summed E-state index contributed by atoms with van der Waals surface area (Å²) in [6.07, 6.45) is -0.0818. The van der Waals surface area contributed by atoms with Gasteiger partial charge < -0.3 is 14.6 Å². The second-order valence-electron chi connectivity index (χ2n) is 4.68. The molecule has 0 spiro atoms. The van der Waals surface area contributed by atoms with Crippen molar-refractivity contribution < 1.29 is 14.6 Å². The Hall–Kier alpha value is -1.52. The Morgan fingerprint density at radius 2 is 1.95 bits per heavy atom. The predicted octanol–water partition coefficient (Wildman–Crippen LogP) is 4.13. The van der Waals surface area contributed by atoms with E-state index in [2.05, 4.69) is 15.9 Å². The first-order chi connectivity index (χ1) is 10.1. The van der Waals surface area contributed by atoms with Crippen LogP contribution in [0.4, 0.5) is 0 Å². The topological polar surface area (TPSA) is 38.7 Å². The zero-order valence-electron chi connectivity index (χ0n) is 12.2. The van der Waals surface area contributed by atoms with Gasteiger partial charge in [-0.05, 0) is 48.4 Å². The summed E-state index contributed by atoms with van der Waals surface area (Å²) in [4.78, 5) is 0. The third-order valence-electron chi connectivity index (χ3n) is 3.22. The summed E-state index contributed by atoms with van der Waals surface area (Å²) >= 11 is 3.51. The number of hydrogen-bond donors (Lipinski definition) is 1. The van der Waals surface area contributed by atoms with Gasteiger partial charge in [0.2, 0.25) is 0 Å². The molecular weight excluding hydrogens is 332 g/mol. The van der Waals surface area contributed by atoms with Gasteiger partial charge in [-0.2, -0.15) is 0 Å². The normalized spacial score (nSPS) is 12.0. The maximum Gasteiger partial charge on any atom is 0.119 e. The highest BCUT2D eigenvalue weighted by molar-refractivity contribution is 9.10. The summed E-state index contributed by atoms with van der Waals surface area (Å²) in [6, 6.07) is 13.3. The molecule has 0 saturated heterocycles. The molecule has 112 valence electrons. The number of ether oxygens (including phenoxy) is 2. The van der Waals surface area contributed by atoms with Gasteiger partial charge in [-0.15, -0.1) is 0 Å². The van der Waals surface area contributed by atoms with Gasteiger partial charge in [0.15, 0.2) is 0 Å². The van der Waals surface area contributed by atoms with Crippen LogP contribution in [0.25, 0.3) is 0 Å². The van der Waals surface area contributed by atoms with Crippen molar-refractivity contribution in [2.24, 2.45) is 0 Å². The molecule has 1 unspecified atom stereocenters. The van der Waals surface area contributed by atoms with E-state index >= 15 is 0 Å². The van der Waals surface area contributed by atoms with E-state index in [1.54, 1.807) is 7.11 Å². The third kappa shape index (κ3) is 4.22. The van der Waals surface area contributed by atoms with Crippen LogP contribution in [-0.2, 0) is 6.42 Å². The average Bonchev–Trinajstić information content (AvgIpc) is 2.50. The molecule has 3 nitrogen and oxygen atoms in total. The number of aliphatic hydroxyl groups is 1. The third-order valence-corrected chi connectivity index (χ3v) is 3.99. The predicted molar refractivity (Wildman–Crippen MR) is 87.0 cm³/mol. The Balaban J connectivity index is 2.17. The van der Waals surface area contributed by atoms with E-state index in [4.69, 9.17) is 9.47 Å². The van der Waals surface area contributed by atoms with Gasteiger partial charge in [0.25, 0.3) is 0 Å². The minimum atomic E-state index is -0.589. The Morgan fingerprint density at radius 1 is 1.14 bits per heavy atom. The molecule has 0 fully saturated rings. The highest BCUT2D eigenvalue weighted by Crippen LogP contribution is 2.28. The Labute approximate surface area is 133 Å². The first-order valence-corrected chi connectivity index (χ1v) is 7.66. The average molecular weight is 351 g/mol. The molecule has 0 bridgehead atoms. The Morgan fingerprint density at radius 3 is 2.67 bits per heavy atom. The maximum atomic E-state index is 10.4. The van der Waals surface area contributed by atoms with Crippen molar-refractivity contribution in [3.05, 3.63) is 58.1 Å². The number of rotatable bonds is 6. The molecule has 1 N–H and O–H groups in total. The van der Waals surface area contributed by atoms with Crippen LogP contribution in [0.1, 0.15) is 24.2 Å². The van der Waals surface area contributed by atoms with Crippen molar-refractivity contribution in [2.45, 2.75) is 19.4 Å². The van der Waals surface area contributed by atoms with Crippen LogP contribution in [0.2, 0.25) is 0 Å². The summed E-state index contributed by atoms with van der Waals surface area (Å²) < 4.78 is 11.7. The van der Waals surface area contributed by atoms with Crippen molar-refractivity contribution in [1.82, 2.24) is 0 Å². The second-order valence-corrected chi connectivity index (χ2v) is 5.54. The summed E-state index contributed by atoms with van der Waals surface area (Å²) in [5, 5.41) is 10.4. The van der Waals surface area contributed by atoms with Crippen molar-refractivity contribution in [3.8, 4) is 11.5 Å². The quantitative estimate of drug-likeness (QED) is 0.850. The van der Waals surface area contributed by atoms with E-state index in [0.29, 0.717) is 13.0 Å². The fraction of sp³-hybridized carbons (Fsp3) is 0.294. The van der Waals surface area contributed by atoms with E-state index in [0.717, 1.165) is 27.1 Å². The number of halogens is 1. The van der Waals surface area contributed by atoms with E-state index in [1.165, 1.54) is 0 Å². The lowest BCUT2D eigenvalue weighted by atomic mass is 10.0. The molecular formula is C17H19BrO3. The minimum absolute atomic E-state index is 0.507. The lowest BCUT2D eigenvalue weighted by molar-refractivity contribution is 0.177. The standard InChI is InChI=1S/C17H19BrO3/c1-3-21-15-6-4-5-12(9-15)17(19)11-13-10-14(20-2)7-8-16(13)18/h4-10,17,19H,3,11H2,1-2H3. The highest BCUT2D eigenvalue weighted by atomic mass is 79.9. The van der Waals surface area contributed by atoms with Crippen molar-refractivity contribution in [1.29, 1.82) is 0 Å². The molecule has 0 amide bonds. The lowest BCUT2D eigenvalue weighted by Gasteiger charge is -2.14. The van der Waals surface area contributed by atoms with Crippen LogP contribution in [0.3, 0.4) is 0 Å². The molecule has 4 heteroatoms. The molecule has 0 aliphatic rings. The SMILES string of the molecule is CCOc1cccc(C(O)Cc2cc(OC)ccc2Br)c1. The lowest BCUT2D eigenvalue weighted by Crippen LogP contribution is -2.03. The highest BCUT2D eigenvalue weighted by Gasteiger charge is 2.12. The van der Waals surface area contributed by atoms with Crippen LogP contribution in [0, 0.1) is 0 Å². The van der Waals surface area contributed by atoms with Crippen LogP contribution in [0.5, 0.6) is 11.5 Å². The van der Waals surface area contributed by atoms with E-state index < -0.39 is 6.10 Å². The van der Waals surface area contributed by atoms with Crippen LogP contribution >= 0.6 is 15.9 Å². The molecule has 0 aromatic heterocycles. The summed E-state index contributed by atoms with van der Waals surface area (Å²) in [5.41, 5.74) is 1.85. The number of benzene rings is 2. The van der Waals surface area contributed by atoms with Gasteiger partial charge in [0, 0.05) is 10.9 Å². The van der Waals surface area contributed by atoms with Crippen LogP contribution in [-0.4, -0.2) is 18.8 Å². The molecule has 0 aliphatic heterocycles. The van der Waals surface area contributed by atoms with Crippen molar-refractivity contribution in [3.63, 3.8) is 0 Å². The van der Waals surface area contributed by atoms with Crippen LogP contribution < -0.4 is 9.47 Å². The summed E-state index contributed by atoms with van der Waals surface area (Å²) in [5.74, 6) is 1.56. The molecule has 0 heterocycles. The molecule has 0 radical (unpaired) electrons. The largest absolute Gasteiger partial charge is 0.497 e. The van der Waals surface area contributed by atoms with Gasteiger partial charge in [0.1, 0.15) is 11.5 Å². The van der Waals surface area contributed by atoms with Crippen molar-refractivity contribution in [2.75, 3.05) is 13.7 Å². The summed E-state index contributed by atoms with van der Waals surface area (Å²) in [6.45, 7) is 2.55. The van der Waals surface area contributed by atoms with Gasteiger partial charge in [-0.3, -0.25) is 0 Å². The first-order valence-electron chi connectivity index (χ1n) is 6.87. The zero-order chi connectivity index (χ0) is 15.2. The monoisotopic (exact) mass is 350 g/mol. The zero-order valence-corrected chi connectivity index (χ0v) is 13.8. The molecule has 2 aromatic rings. The van der Waals surface area contributed by atoms with Gasteiger partial charge in [-0.1, -0.05) is 28.1 Å². The van der Waals surface area contributed by atoms with Gasteiger partial charge >= 0.3 is 0 Å². The fourth-order valence-corrected chi connectivity index (χ4v) is 2.55. The van der Waals surface area contributed by atoms with E-state index in [9.17, 15) is 5.11 Å². The smallest absolute Gasteiger partial charge is 0.119 e. The van der Waals surface area contributed by atoms with Gasteiger partial charge in [0.05, 0.1) is 19.8 Å².